The van der Waals surface area contributed by atoms with E-state index in [-0.39, 0.29) is 0 Å². The van der Waals surface area contributed by atoms with E-state index in [1.165, 1.54) is 0 Å². The molecule has 0 aliphatic carbocycles. The van der Waals surface area contributed by atoms with Gasteiger partial charge in [0.25, 0.3) is 0 Å². The van der Waals surface area contributed by atoms with E-state index in [1.807, 2.05) is 35.0 Å². The lowest BCUT2D eigenvalue weighted by Gasteiger charge is -1.96. The molecule has 2 aromatic heterocycles. The van der Waals surface area contributed by atoms with Crippen LogP contribution in [0.4, 0.5) is 0 Å². The van der Waals surface area contributed by atoms with Crippen molar-refractivity contribution in [2.45, 2.75) is 10.9 Å². The number of thiophene rings is 1. The third-order valence-corrected chi connectivity index (χ3v) is 4.71. The fraction of sp³-hybridized carbons (Fsp3) is 0.154. The van der Waals surface area contributed by atoms with Crippen LogP contribution in [0, 0.1) is 0 Å². The van der Waals surface area contributed by atoms with Crippen LogP contribution in [0.25, 0.3) is 11.0 Å². The summed E-state index contributed by atoms with van der Waals surface area (Å²) in [6.45, 7) is 0. The van der Waals surface area contributed by atoms with Gasteiger partial charge in [0, 0.05) is 6.07 Å². The molecule has 0 saturated carbocycles. The van der Waals surface area contributed by atoms with Crippen molar-refractivity contribution in [1.82, 2.24) is 9.97 Å². The Morgan fingerprint density at radius 1 is 1.42 bits per heavy atom. The van der Waals surface area contributed by atoms with E-state index in [0.717, 1.165) is 22.3 Å². The largest absolute Gasteiger partial charge is 0.497 e. The van der Waals surface area contributed by atoms with Crippen LogP contribution in [0.1, 0.15) is 5.56 Å². The molecular formula is C13H12N2O2S2. The summed E-state index contributed by atoms with van der Waals surface area (Å²) in [6.07, 6.45) is 0. The molecular weight excluding hydrogens is 280 g/mol. The van der Waals surface area contributed by atoms with Crippen molar-refractivity contribution < 1.29 is 8.95 Å². The SMILES string of the molecule is COc1ccc2nc(S(=O)Cc3ccsc3)[nH]c2c1. The van der Waals surface area contributed by atoms with E-state index >= 15 is 0 Å². The molecule has 6 heteroatoms. The smallest absolute Gasteiger partial charge is 0.197 e. The van der Waals surface area contributed by atoms with Crippen molar-refractivity contribution in [2.24, 2.45) is 0 Å². The molecule has 0 spiro atoms. The number of nitrogens with one attached hydrogen (secondary N) is 1. The van der Waals surface area contributed by atoms with Crippen LogP contribution < -0.4 is 4.74 Å². The summed E-state index contributed by atoms with van der Waals surface area (Å²) in [5.74, 6) is 1.24. The van der Waals surface area contributed by atoms with Crippen LogP contribution in [0.5, 0.6) is 5.75 Å². The van der Waals surface area contributed by atoms with Gasteiger partial charge in [0.05, 0.1) is 34.7 Å². The summed E-state index contributed by atoms with van der Waals surface area (Å²) in [4.78, 5) is 7.46. The Hall–Kier alpha value is -1.66. The lowest BCUT2D eigenvalue weighted by molar-refractivity contribution is 0.415. The molecule has 0 amide bonds. The highest BCUT2D eigenvalue weighted by molar-refractivity contribution is 7.84. The number of rotatable bonds is 4. The van der Waals surface area contributed by atoms with E-state index in [0.29, 0.717) is 10.9 Å². The summed E-state index contributed by atoms with van der Waals surface area (Å²) in [6, 6.07) is 7.53. The quantitative estimate of drug-likeness (QED) is 0.804. The van der Waals surface area contributed by atoms with E-state index in [4.69, 9.17) is 4.74 Å². The zero-order valence-electron chi connectivity index (χ0n) is 10.3. The van der Waals surface area contributed by atoms with Gasteiger partial charge in [-0.3, -0.25) is 4.21 Å². The molecule has 0 bridgehead atoms. The summed E-state index contributed by atoms with van der Waals surface area (Å²) >= 11 is 1.61. The highest BCUT2D eigenvalue weighted by Gasteiger charge is 2.11. The molecule has 1 N–H and O–H groups in total. The van der Waals surface area contributed by atoms with Gasteiger partial charge in [-0.1, -0.05) is 0 Å². The number of imidazole rings is 1. The molecule has 98 valence electrons. The van der Waals surface area contributed by atoms with Crippen molar-refractivity contribution in [2.75, 3.05) is 7.11 Å². The van der Waals surface area contributed by atoms with Gasteiger partial charge in [-0.25, -0.2) is 4.98 Å². The number of ether oxygens (including phenoxy) is 1. The van der Waals surface area contributed by atoms with Gasteiger partial charge in [0.15, 0.2) is 5.16 Å². The third-order valence-electron chi connectivity index (χ3n) is 2.76. The zero-order valence-corrected chi connectivity index (χ0v) is 11.9. The van der Waals surface area contributed by atoms with Gasteiger partial charge < -0.3 is 9.72 Å². The minimum atomic E-state index is -1.15. The molecule has 0 radical (unpaired) electrons. The van der Waals surface area contributed by atoms with E-state index in [1.54, 1.807) is 18.4 Å². The van der Waals surface area contributed by atoms with Gasteiger partial charge >= 0.3 is 0 Å². The Morgan fingerprint density at radius 2 is 2.32 bits per heavy atom. The second-order valence-corrected chi connectivity index (χ2v) is 6.19. The molecule has 3 rings (SSSR count). The van der Waals surface area contributed by atoms with Crippen molar-refractivity contribution in [1.29, 1.82) is 0 Å². The standard InChI is InChI=1S/C13H12N2O2S2/c1-17-10-2-3-11-12(6-10)15-13(14-11)19(16)8-9-4-5-18-7-9/h2-7H,8H2,1H3,(H,14,15). The van der Waals surface area contributed by atoms with Gasteiger partial charge in [0.2, 0.25) is 0 Å². The van der Waals surface area contributed by atoms with Crippen LogP contribution in [0.2, 0.25) is 0 Å². The summed E-state index contributed by atoms with van der Waals surface area (Å²) < 4.78 is 17.4. The third kappa shape index (κ3) is 2.54. The van der Waals surface area contributed by atoms with Crippen molar-refractivity contribution in [3.63, 3.8) is 0 Å². The van der Waals surface area contributed by atoms with Crippen LogP contribution in [-0.4, -0.2) is 21.3 Å². The summed E-state index contributed by atoms with van der Waals surface area (Å²) in [5, 5.41) is 4.49. The number of methoxy groups -OCH3 is 1. The molecule has 0 fully saturated rings. The number of aromatic amines is 1. The Kier molecular flexibility index (Phi) is 3.35. The molecule has 19 heavy (non-hydrogen) atoms. The predicted molar refractivity (Wildman–Crippen MR) is 77.1 cm³/mol. The minimum Gasteiger partial charge on any atom is -0.497 e. The lowest BCUT2D eigenvalue weighted by atomic mass is 10.3. The van der Waals surface area contributed by atoms with Crippen LogP contribution >= 0.6 is 11.3 Å². The first-order valence-electron chi connectivity index (χ1n) is 5.69. The average Bonchev–Trinajstić information content (AvgIpc) is 3.05. The molecule has 2 heterocycles. The first-order valence-corrected chi connectivity index (χ1v) is 7.95. The molecule has 0 saturated heterocycles. The number of H-pyrrole nitrogens is 1. The van der Waals surface area contributed by atoms with E-state index in [2.05, 4.69) is 9.97 Å². The molecule has 3 aromatic rings. The molecule has 0 aliphatic heterocycles. The highest BCUT2D eigenvalue weighted by atomic mass is 32.2. The van der Waals surface area contributed by atoms with Crippen LogP contribution in [-0.2, 0) is 16.6 Å². The highest BCUT2D eigenvalue weighted by Crippen LogP contribution is 2.21. The van der Waals surface area contributed by atoms with Crippen molar-refractivity contribution >= 4 is 33.2 Å². The summed E-state index contributed by atoms with van der Waals surface area (Å²) in [5.41, 5.74) is 2.71. The molecule has 1 atom stereocenters. The monoisotopic (exact) mass is 292 g/mol. The maximum Gasteiger partial charge on any atom is 0.197 e. The average molecular weight is 292 g/mol. The van der Waals surface area contributed by atoms with E-state index in [9.17, 15) is 4.21 Å². The first-order chi connectivity index (χ1) is 9.26. The predicted octanol–water partition coefficient (Wildman–Crippen LogP) is 2.94. The molecule has 1 aromatic carbocycles. The van der Waals surface area contributed by atoms with E-state index < -0.39 is 10.8 Å². The number of fused-ring (bicyclic) bond motifs is 1. The Balaban J connectivity index is 1.90. The molecule has 0 aliphatic rings. The topological polar surface area (TPSA) is 55.0 Å². The fourth-order valence-electron chi connectivity index (χ4n) is 1.79. The van der Waals surface area contributed by atoms with Crippen LogP contribution in [0.3, 0.4) is 0 Å². The number of hydrogen-bond donors (Lipinski definition) is 1. The Morgan fingerprint density at radius 3 is 3.05 bits per heavy atom. The molecule has 1 unspecified atom stereocenters. The second kappa shape index (κ2) is 5.14. The number of aromatic nitrogens is 2. The fourth-order valence-corrected chi connectivity index (χ4v) is 3.61. The van der Waals surface area contributed by atoms with Crippen molar-refractivity contribution in [3.05, 3.63) is 40.6 Å². The minimum absolute atomic E-state index is 0.487. The number of benzene rings is 1. The van der Waals surface area contributed by atoms with Crippen LogP contribution in [0.15, 0.2) is 40.2 Å². The van der Waals surface area contributed by atoms with Gasteiger partial charge in [-0.2, -0.15) is 11.3 Å². The molecule has 4 nitrogen and oxygen atoms in total. The maximum absolute atomic E-state index is 12.2. The first kappa shape index (κ1) is 12.4. The Labute approximate surface area is 116 Å². The zero-order chi connectivity index (χ0) is 13.2. The number of nitrogens with zero attached hydrogens (tertiary/aromatic N) is 1. The second-order valence-electron chi connectivity index (χ2n) is 4.05. The lowest BCUT2D eigenvalue weighted by Crippen LogP contribution is -1.97. The van der Waals surface area contributed by atoms with Crippen molar-refractivity contribution in [3.8, 4) is 5.75 Å². The summed E-state index contributed by atoms with van der Waals surface area (Å²) in [7, 11) is 0.463. The van der Waals surface area contributed by atoms with Gasteiger partial charge in [-0.05, 0) is 34.5 Å². The Bertz CT molecular complexity index is 719. The maximum atomic E-state index is 12.2. The normalized spacial score (nSPS) is 12.7. The van der Waals surface area contributed by atoms with Gasteiger partial charge in [-0.15, -0.1) is 0 Å². The number of hydrogen-bond acceptors (Lipinski definition) is 4. The van der Waals surface area contributed by atoms with Gasteiger partial charge in [0.1, 0.15) is 5.75 Å².